The van der Waals surface area contributed by atoms with Crippen LogP contribution in [0.3, 0.4) is 0 Å². The van der Waals surface area contributed by atoms with Gasteiger partial charge in [0, 0.05) is 24.4 Å². The van der Waals surface area contributed by atoms with Crippen LogP contribution >= 0.6 is 0 Å². The summed E-state index contributed by atoms with van der Waals surface area (Å²) in [6, 6.07) is 5.29. The predicted molar refractivity (Wildman–Crippen MR) is 163 cm³/mol. The molecule has 40 heavy (non-hydrogen) atoms. The second-order valence-corrected chi connectivity index (χ2v) is 12.7. The minimum Gasteiger partial charge on any atom is -0.343 e. The van der Waals surface area contributed by atoms with Crippen molar-refractivity contribution < 1.29 is 14.4 Å². The Labute approximate surface area is 242 Å². The predicted octanol–water partition coefficient (Wildman–Crippen LogP) is 5.34. The van der Waals surface area contributed by atoms with Crippen LogP contribution in [0.1, 0.15) is 91.7 Å². The number of hydrogen-bond acceptors (Lipinski definition) is 4. The fraction of sp³-hybridized carbons (Fsp3) is 0.667. The number of fused-ring (bicyclic) bond motifs is 1. The summed E-state index contributed by atoms with van der Waals surface area (Å²) in [4.78, 5) is 44.5. The molecule has 1 fully saturated rings. The second kappa shape index (κ2) is 14.3. The Morgan fingerprint density at radius 1 is 0.975 bits per heavy atom. The molecule has 2 N–H and O–H groups in total. The zero-order valence-electron chi connectivity index (χ0n) is 26.0. The van der Waals surface area contributed by atoms with Gasteiger partial charge in [0.2, 0.25) is 11.8 Å². The first-order valence-corrected chi connectivity index (χ1v) is 15.4. The minimum atomic E-state index is -0.631. The third kappa shape index (κ3) is 7.74. The van der Waals surface area contributed by atoms with Gasteiger partial charge >= 0.3 is 0 Å². The van der Waals surface area contributed by atoms with Gasteiger partial charge in [-0.15, -0.1) is 0 Å². The van der Waals surface area contributed by atoms with Crippen molar-refractivity contribution in [3.05, 3.63) is 41.0 Å². The summed E-state index contributed by atoms with van der Waals surface area (Å²) < 4.78 is 0. The summed E-state index contributed by atoms with van der Waals surface area (Å²) in [5.74, 6) is -0.326. The first-order valence-electron chi connectivity index (χ1n) is 15.4. The molecule has 0 aromatic heterocycles. The molecule has 0 spiro atoms. The third-order valence-electron chi connectivity index (χ3n) is 8.64. The number of nitrogens with one attached hydrogen (secondary N) is 2. The van der Waals surface area contributed by atoms with Crippen LogP contribution in [0.25, 0.3) is 0 Å². The molecule has 2 aliphatic rings. The highest BCUT2D eigenvalue weighted by atomic mass is 16.2. The normalized spacial score (nSPS) is 19.8. The summed E-state index contributed by atoms with van der Waals surface area (Å²) in [6.45, 7) is 15.0. The van der Waals surface area contributed by atoms with Crippen molar-refractivity contribution in [3.63, 3.8) is 0 Å². The fourth-order valence-electron chi connectivity index (χ4n) is 6.19. The first-order chi connectivity index (χ1) is 18.9. The number of hydrogen-bond donors (Lipinski definition) is 2. The number of benzene rings is 1. The Balaban J connectivity index is 1.74. The lowest BCUT2D eigenvalue weighted by Crippen LogP contribution is -2.58. The van der Waals surface area contributed by atoms with Crippen LogP contribution in [0.2, 0.25) is 0 Å². The Kier molecular flexibility index (Phi) is 11.4. The van der Waals surface area contributed by atoms with Crippen LogP contribution < -0.4 is 10.6 Å². The van der Waals surface area contributed by atoms with Crippen molar-refractivity contribution in [2.45, 2.75) is 118 Å². The zero-order chi connectivity index (χ0) is 29.6. The standard InChI is InChI=1S/C33H52N4O3/c1-21(2)29(20-24(7)31(38)34-27-17-13-15-25-14-9-10-16-26(25)27)36(8)33(40)30(22(3)4)35-32(39)28-18-11-12-19-37(28)23(5)6/h13,15,17,20-23,28-30H,9-12,14,16,18-19H2,1-8H3,(H,34,38)(H,35,39)/b24-20+/t28-,29-,30?/m1/s1. The highest BCUT2D eigenvalue weighted by molar-refractivity contribution is 6.04. The lowest BCUT2D eigenvalue weighted by molar-refractivity contribution is -0.140. The van der Waals surface area contributed by atoms with Crippen molar-refractivity contribution in [3.8, 4) is 0 Å². The second-order valence-electron chi connectivity index (χ2n) is 12.7. The van der Waals surface area contributed by atoms with E-state index in [1.165, 1.54) is 17.5 Å². The maximum atomic E-state index is 13.8. The van der Waals surface area contributed by atoms with Crippen molar-refractivity contribution in [2.75, 3.05) is 18.9 Å². The Morgan fingerprint density at radius 3 is 2.33 bits per heavy atom. The lowest BCUT2D eigenvalue weighted by atomic mass is 9.90. The molecule has 0 radical (unpaired) electrons. The average molecular weight is 553 g/mol. The summed E-state index contributed by atoms with van der Waals surface area (Å²) in [7, 11) is 1.78. The van der Waals surface area contributed by atoms with E-state index in [1.54, 1.807) is 11.9 Å². The van der Waals surface area contributed by atoms with Crippen LogP contribution in [0.5, 0.6) is 0 Å². The Bertz CT molecular complexity index is 1080. The van der Waals surface area contributed by atoms with Gasteiger partial charge in [-0.25, -0.2) is 0 Å². The molecule has 0 bridgehead atoms. The molecule has 1 aliphatic heterocycles. The van der Waals surface area contributed by atoms with Gasteiger partial charge in [0.05, 0.1) is 12.1 Å². The topological polar surface area (TPSA) is 81.8 Å². The molecular weight excluding hydrogens is 500 g/mol. The number of carbonyl (C=O) groups excluding carboxylic acids is 3. The van der Waals surface area contributed by atoms with Gasteiger partial charge in [0.25, 0.3) is 5.91 Å². The van der Waals surface area contributed by atoms with E-state index >= 15 is 0 Å². The number of likely N-dealkylation sites (N-methyl/N-ethyl adjacent to an activating group) is 1. The lowest BCUT2D eigenvalue weighted by Gasteiger charge is -2.39. The molecule has 222 valence electrons. The van der Waals surface area contributed by atoms with Gasteiger partial charge in [-0.05, 0) is 94.9 Å². The van der Waals surface area contributed by atoms with Crippen molar-refractivity contribution in [1.29, 1.82) is 0 Å². The minimum absolute atomic E-state index is 0.0627. The van der Waals surface area contributed by atoms with Crippen molar-refractivity contribution in [2.24, 2.45) is 11.8 Å². The maximum Gasteiger partial charge on any atom is 0.251 e. The van der Waals surface area contributed by atoms with Crippen LogP contribution in [0, 0.1) is 11.8 Å². The smallest absolute Gasteiger partial charge is 0.251 e. The average Bonchev–Trinajstić information content (AvgIpc) is 2.93. The molecule has 0 saturated carbocycles. The number of carbonyl (C=O) groups is 3. The molecule has 1 aromatic carbocycles. The molecule has 1 unspecified atom stereocenters. The summed E-state index contributed by atoms with van der Waals surface area (Å²) in [6.07, 6.45) is 9.20. The van der Waals surface area contributed by atoms with Crippen LogP contribution in [-0.2, 0) is 27.2 Å². The molecule has 3 atom stereocenters. The monoisotopic (exact) mass is 552 g/mol. The van der Waals surface area contributed by atoms with Crippen LogP contribution in [0.15, 0.2) is 29.8 Å². The summed E-state index contributed by atoms with van der Waals surface area (Å²) in [5, 5.41) is 6.24. The molecular formula is C33H52N4O3. The molecule has 1 saturated heterocycles. The summed E-state index contributed by atoms with van der Waals surface area (Å²) >= 11 is 0. The number of amides is 3. The van der Waals surface area contributed by atoms with E-state index in [0.29, 0.717) is 5.57 Å². The van der Waals surface area contributed by atoms with Gasteiger partial charge in [0.1, 0.15) is 6.04 Å². The third-order valence-corrected chi connectivity index (χ3v) is 8.64. The fourth-order valence-corrected chi connectivity index (χ4v) is 6.19. The van der Waals surface area contributed by atoms with Crippen LogP contribution in [0.4, 0.5) is 5.69 Å². The SMILES string of the molecule is C/C(=C\[C@H](C(C)C)N(C)C(=O)C(NC(=O)[C@H]1CCCCN1C(C)C)C(C)C)C(=O)Nc1cccc2c1CCCC2. The number of likely N-dealkylation sites (tertiary alicyclic amines) is 1. The number of nitrogens with zero attached hydrogens (tertiary/aromatic N) is 2. The van der Waals surface area contributed by atoms with E-state index in [2.05, 4.69) is 49.3 Å². The zero-order valence-corrected chi connectivity index (χ0v) is 26.0. The number of rotatable bonds is 10. The van der Waals surface area contributed by atoms with E-state index in [-0.39, 0.29) is 47.7 Å². The van der Waals surface area contributed by atoms with Crippen LogP contribution in [-0.4, -0.2) is 65.3 Å². The maximum absolute atomic E-state index is 13.8. The first kappa shape index (κ1) is 31.9. The summed E-state index contributed by atoms with van der Waals surface area (Å²) in [5.41, 5.74) is 4.03. The molecule has 3 rings (SSSR count). The Hall–Kier alpha value is -2.67. The van der Waals surface area contributed by atoms with E-state index in [9.17, 15) is 14.4 Å². The van der Waals surface area contributed by atoms with Gasteiger partial charge in [0.15, 0.2) is 0 Å². The quantitative estimate of drug-likeness (QED) is 0.384. The molecule has 7 nitrogen and oxygen atoms in total. The van der Waals surface area contributed by atoms with E-state index < -0.39 is 6.04 Å². The Morgan fingerprint density at radius 2 is 1.68 bits per heavy atom. The van der Waals surface area contributed by atoms with E-state index in [0.717, 1.165) is 50.8 Å². The molecule has 1 aromatic rings. The molecule has 1 heterocycles. The molecule has 1 aliphatic carbocycles. The van der Waals surface area contributed by atoms with E-state index in [4.69, 9.17) is 0 Å². The largest absolute Gasteiger partial charge is 0.343 e. The number of aryl methyl sites for hydroxylation is 1. The number of anilines is 1. The van der Waals surface area contributed by atoms with Crippen molar-refractivity contribution in [1.82, 2.24) is 15.1 Å². The van der Waals surface area contributed by atoms with Gasteiger partial charge in [-0.2, -0.15) is 0 Å². The highest BCUT2D eigenvalue weighted by Gasteiger charge is 2.36. The number of piperidine rings is 1. The molecule has 7 heteroatoms. The van der Waals surface area contributed by atoms with Gasteiger partial charge in [-0.1, -0.05) is 52.3 Å². The van der Waals surface area contributed by atoms with Crippen molar-refractivity contribution >= 4 is 23.4 Å². The molecule has 3 amide bonds. The highest BCUT2D eigenvalue weighted by Crippen LogP contribution is 2.28. The van der Waals surface area contributed by atoms with E-state index in [1.807, 2.05) is 39.0 Å². The van der Waals surface area contributed by atoms with Gasteiger partial charge < -0.3 is 15.5 Å². The van der Waals surface area contributed by atoms with Gasteiger partial charge in [-0.3, -0.25) is 19.3 Å².